The van der Waals surface area contributed by atoms with Crippen molar-refractivity contribution in [3.05, 3.63) is 37.1 Å². The lowest BCUT2D eigenvalue weighted by Crippen LogP contribution is -2.36. The third kappa shape index (κ3) is 2.71. The number of amides is 2. The van der Waals surface area contributed by atoms with Crippen LogP contribution in [0.2, 0.25) is 0 Å². The van der Waals surface area contributed by atoms with Gasteiger partial charge >= 0.3 is 12.2 Å². The molecule has 2 unspecified atom stereocenters. The first-order valence-corrected chi connectivity index (χ1v) is 6.34. The molecule has 1 fully saturated rings. The molecule has 0 radical (unpaired) electrons. The average Bonchev–Trinajstić information content (AvgIpc) is 2.98. The number of rotatable bonds is 5. The smallest absolute Gasteiger partial charge is 0.371 e. The van der Waals surface area contributed by atoms with Gasteiger partial charge in [-0.2, -0.15) is 13.2 Å². The van der Waals surface area contributed by atoms with E-state index < -0.39 is 36.1 Å². The van der Waals surface area contributed by atoms with Crippen LogP contribution in [0.25, 0.3) is 0 Å². The molecule has 1 aromatic rings. The number of hydrogen-bond donors (Lipinski definition) is 1. The molecule has 0 spiro atoms. The molecule has 6 nitrogen and oxygen atoms in total. The molecule has 0 aliphatic carbocycles. The fourth-order valence-electron chi connectivity index (χ4n) is 2.24. The van der Waals surface area contributed by atoms with Gasteiger partial charge in [0.25, 0.3) is 0 Å². The summed E-state index contributed by atoms with van der Waals surface area (Å²) in [7, 11) is 0. The second-order valence-electron chi connectivity index (χ2n) is 4.65. The largest absolute Gasteiger partial charge is 0.436 e. The highest BCUT2D eigenvalue weighted by Crippen LogP contribution is 2.34. The maximum Gasteiger partial charge on any atom is 0.436 e. The average molecular weight is 317 g/mol. The van der Waals surface area contributed by atoms with E-state index in [9.17, 15) is 23.1 Å². The fourth-order valence-corrected chi connectivity index (χ4v) is 2.24. The quantitative estimate of drug-likeness (QED) is 0.847. The van der Waals surface area contributed by atoms with Crippen molar-refractivity contribution in [1.29, 1.82) is 0 Å². The highest BCUT2D eigenvalue weighted by molar-refractivity contribution is 5.94. The Morgan fingerprint density at radius 1 is 1.41 bits per heavy atom. The van der Waals surface area contributed by atoms with Crippen LogP contribution in [0.15, 0.2) is 35.9 Å². The summed E-state index contributed by atoms with van der Waals surface area (Å²) >= 11 is 0. The monoisotopic (exact) mass is 317 g/mol. The summed E-state index contributed by atoms with van der Waals surface area (Å²) in [6.07, 6.45) is -2.86. The molecule has 1 N–H and O–H groups in total. The Morgan fingerprint density at radius 2 is 2.09 bits per heavy atom. The first-order chi connectivity index (χ1) is 10.3. The summed E-state index contributed by atoms with van der Waals surface area (Å²) in [5.74, 6) is -0.467. The van der Waals surface area contributed by atoms with Crippen LogP contribution in [-0.4, -0.2) is 40.0 Å². The number of anilines is 1. The molecule has 9 heteroatoms. The van der Waals surface area contributed by atoms with Crippen LogP contribution in [0, 0.1) is 0 Å². The zero-order valence-corrected chi connectivity index (χ0v) is 11.5. The van der Waals surface area contributed by atoms with Crippen molar-refractivity contribution in [2.45, 2.75) is 24.9 Å². The van der Waals surface area contributed by atoms with Gasteiger partial charge in [-0.3, -0.25) is 0 Å². The summed E-state index contributed by atoms with van der Waals surface area (Å²) in [6.45, 7) is 7.17. The molecular weight excluding hydrogens is 303 g/mol. The van der Waals surface area contributed by atoms with E-state index in [1.54, 1.807) is 0 Å². The van der Waals surface area contributed by atoms with Crippen molar-refractivity contribution in [3.63, 3.8) is 0 Å². The van der Waals surface area contributed by atoms with E-state index in [4.69, 9.17) is 0 Å². The van der Waals surface area contributed by atoms with Crippen LogP contribution < -0.4 is 4.90 Å². The van der Waals surface area contributed by atoms with E-state index in [1.165, 1.54) is 17.1 Å². The molecule has 22 heavy (non-hydrogen) atoms. The Bertz CT molecular complexity index is 585. The van der Waals surface area contributed by atoms with E-state index in [-0.39, 0.29) is 13.0 Å². The predicted molar refractivity (Wildman–Crippen MR) is 70.9 cm³/mol. The fraction of sp³-hybridized carbons (Fsp3) is 0.385. The minimum atomic E-state index is -4.70. The number of hydrogen-bond acceptors (Lipinski definition) is 4. The second-order valence-corrected chi connectivity index (χ2v) is 4.65. The van der Waals surface area contributed by atoms with E-state index in [0.29, 0.717) is 6.07 Å². The lowest BCUT2D eigenvalue weighted by atomic mass is 10.1. The Morgan fingerprint density at radius 3 is 2.59 bits per heavy atom. The standard InChI is InChI=1S/C13H14F3N3O3/c1-3-5-8-11(20)19(12(21)18(8)6-4-2)10-7-9(17-22-10)13(14,15)16/h3-4,7-8,11,20H,1-2,5-6H2. The van der Waals surface area contributed by atoms with Crippen LogP contribution in [0.1, 0.15) is 12.1 Å². The van der Waals surface area contributed by atoms with Gasteiger partial charge in [-0.05, 0) is 6.42 Å². The summed E-state index contributed by atoms with van der Waals surface area (Å²) in [5, 5.41) is 13.1. The molecule has 0 saturated carbocycles. The van der Waals surface area contributed by atoms with Crippen LogP contribution in [0.4, 0.5) is 23.8 Å². The Balaban J connectivity index is 2.34. The lowest BCUT2D eigenvalue weighted by molar-refractivity contribution is -0.142. The number of aromatic nitrogens is 1. The lowest BCUT2D eigenvalue weighted by Gasteiger charge is -2.21. The third-order valence-corrected chi connectivity index (χ3v) is 3.22. The predicted octanol–water partition coefficient (Wildman–Crippen LogP) is 2.38. The number of aliphatic hydroxyl groups is 1. The first-order valence-electron chi connectivity index (χ1n) is 6.34. The molecule has 0 bridgehead atoms. The number of halogens is 3. The van der Waals surface area contributed by atoms with Gasteiger partial charge in [0, 0.05) is 12.6 Å². The Kier molecular flexibility index (Phi) is 4.27. The van der Waals surface area contributed by atoms with E-state index in [0.717, 1.165) is 4.90 Å². The van der Waals surface area contributed by atoms with Crippen molar-refractivity contribution in [3.8, 4) is 0 Å². The van der Waals surface area contributed by atoms with Crippen molar-refractivity contribution < 1.29 is 27.6 Å². The molecule has 0 aromatic carbocycles. The summed E-state index contributed by atoms with van der Waals surface area (Å²) < 4.78 is 42.2. The van der Waals surface area contributed by atoms with E-state index in [1.807, 2.05) is 0 Å². The Hall–Kier alpha value is -2.29. The molecule has 2 amide bonds. The first kappa shape index (κ1) is 16.1. The summed E-state index contributed by atoms with van der Waals surface area (Å²) in [4.78, 5) is 14.3. The number of alkyl halides is 3. The van der Waals surface area contributed by atoms with Gasteiger partial charge in [0.2, 0.25) is 5.88 Å². The number of nitrogens with zero attached hydrogens (tertiary/aromatic N) is 3. The molecule has 1 aliphatic rings. The van der Waals surface area contributed by atoms with Crippen LogP contribution in [0.3, 0.4) is 0 Å². The van der Waals surface area contributed by atoms with Crippen LogP contribution in [-0.2, 0) is 6.18 Å². The maximum absolute atomic E-state index is 12.6. The van der Waals surface area contributed by atoms with Crippen LogP contribution in [0.5, 0.6) is 0 Å². The van der Waals surface area contributed by atoms with Gasteiger partial charge < -0.3 is 14.5 Å². The molecule has 2 rings (SSSR count). The van der Waals surface area contributed by atoms with Gasteiger partial charge in [0.15, 0.2) is 11.9 Å². The number of aliphatic hydroxyl groups excluding tert-OH is 1. The summed E-state index contributed by atoms with van der Waals surface area (Å²) in [5.41, 5.74) is -1.27. The molecule has 1 aromatic heterocycles. The highest BCUT2D eigenvalue weighted by Gasteiger charge is 2.47. The van der Waals surface area contributed by atoms with Crippen molar-refractivity contribution in [1.82, 2.24) is 10.1 Å². The molecular formula is C13H14F3N3O3. The number of carbonyl (C=O) groups excluding carboxylic acids is 1. The van der Waals surface area contributed by atoms with Gasteiger partial charge in [0.1, 0.15) is 0 Å². The SMILES string of the molecule is C=CCC1C(O)N(c2cc(C(F)(F)F)no2)C(=O)N1CC=C. The van der Waals surface area contributed by atoms with Gasteiger partial charge in [-0.25, -0.2) is 9.69 Å². The molecule has 1 aliphatic heterocycles. The van der Waals surface area contributed by atoms with E-state index in [2.05, 4.69) is 22.8 Å². The zero-order valence-electron chi connectivity index (χ0n) is 11.5. The van der Waals surface area contributed by atoms with Crippen molar-refractivity contribution >= 4 is 11.9 Å². The van der Waals surface area contributed by atoms with Crippen molar-refractivity contribution in [2.75, 3.05) is 11.4 Å². The Labute approximate surface area is 124 Å². The molecule has 2 atom stereocenters. The van der Waals surface area contributed by atoms with Crippen molar-refractivity contribution in [2.24, 2.45) is 0 Å². The minimum absolute atomic E-state index is 0.130. The third-order valence-electron chi connectivity index (χ3n) is 3.22. The maximum atomic E-state index is 12.6. The highest BCUT2D eigenvalue weighted by atomic mass is 19.4. The molecule has 1 saturated heterocycles. The van der Waals surface area contributed by atoms with Crippen LogP contribution >= 0.6 is 0 Å². The zero-order chi connectivity index (χ0) is 16.5. The van der Waals surface area contributed by atoms with Gasteiger partial charge in [-0.1, -0.05) is 17.3 Å². The second kappa shape index (κ2) is 5.84. The summed E-state index contributed by atoms with van der Waals surface area (Å²) in [6, 6.07) is -0.782. The number of urea groups is 1. The van der Waals surface area contributed by atoms with Gasteiger partial charge in [0.05, 0.1) is 6.04 Å². The topological polar surface area (TPSA) is 69.8 Å². The minimum Gasteiger partial charge on any atom is -0.371 e. The van der Waals surface area contributed by atoms with E-state index >= 15 is 0 Å². The molecule has 120 valence electrons. The molecule has 2 heterocycles. The number of carbonyl (C=O) groups is 1. The van der Waals surface area contributed by atoms with Gasteiger partial charge in [-0.15, -0.1) is 13.2 Å². The normalized spacial score (nSPS) is 22.3.